The van der Waals surface area contributed by atoms with Crippen LogP contribution < -0.4 is 4.72 Å². The van der Waals surface area contributed by atoms with Gasteiger partial charge in [-0.3, -0.25) is 9.29 Å². The molecule has 0 saturated heterocycles. The van der Waals surface area contributed by atoms with Crippen LogP contribution in [0.25, 0.3) is 16.9 Å². The molecule has 2 aromatic heterocycles. The van der Waals surface area contributed by atoms with Gasteiger partial charge in [0.1, 0.15) is 6.33 Å². The van der Waals surface area contributed by atoms with E-state index in [1.54, 1.807) is 53.5 Å². The Hall–Kier alpha value is -2.90. The van der Waals surface area contributed by atoms with E-state index in [1.807, 2.05) is 18.2 Å². The lowest BCUT2D eigenvalue weighted by Gasteiger charge is -2.19. The van der Waals surface area contributed by atoms with Gasteiger partial charge in [-0.05, 0) is 53.4 Å². The summed E-state index contributed by atoms with van der Waals surface area (Å²) in [5, 5.41) is 0.480. The molecule has 8 heteroatoms. The van der Waals surface area contributed by atoms with E-state index in [1.165, 1.54) is 0 Å². The number of sulfonamides is 1. The first-order valence-electron chi connectivity index (χ1n) is 9.36. The fourth-order valence-electron chi connectivity index (χ4n) is 3.17. The smallest absolute Gasteiger partial charge is 0.261 e. The molecule has 0 fully saturated rings. The number of rotatable bonds is 4. The first-order chi connectivity index (χ1) is 14.1. The maximum atomic E-state index is 13.1. The van der Waals surface area contributed by atoms with Crippen LogP contribution in [0.1, 0.15) is 26.3 Å². The van der Waals surface area contributed by atoms with Gasteiger partial charge in [0.15, 0.2) is 5.65 Å². The Kier molecular flexibility index (Phi) is 5.03. The largest absolute Gasteiger partial charge is 0.295 e. The standard InChI is InChI=1S/C22H21ClN4O2S/c1-22(2,3)15-6-9-17(10-7-15)30(28,29)26-18-11-8-16(23)13-20(18)27-14-25-21-19(27)5-4-12-24-21/h4-14,26H,1-3H3. The highest BCUT2D eigenvalue weighted by Gasteiger charge is 2.20. The van der Waals surface area contributed by atoms with Crippen molar-refractivity contribution in [3.63, 3.8) is 0 Å². The lowest BCUT2D eigenvalue weighted by atomic mass is 9.87. The zero-order valence-corrected chi connectivity index (χ0v) is 18.4. The highest BCUT2D eigenvalue weighted by Crippen LogP contribution is 2.30. The molecule has 0 unspecified atom stereocenters. The van der Waals surface area contributed by atoms with Crippen LogP contribution in [0, 0.1) is 0 Å². The molecule has 0 amide bonds. The van der Waals surface area contributed by atoms with E-state index >= 15 is 0 Å². The summed E-state index contributed by atoms with van der Waals surface area (Å²) in [6.07, 6.45) is 3.25. The van der Waals surface area contributed by atoms with Gasteiger partial charge in [0, 0.05) is 11.2 Å². The topological polar surface area (TPSA) is 76.9 Å². The molecule has 0 aliphatic rings. The van der Waals surface area contributed by atoms with Crippen molar-refractivity contribution in [3.05, 3.63) is 77.7 Å². The van der Waals surface area contributed by atoms with Crippen LogP contribution in [-0.2, 0) is 15.4 Å². The van der Waals surface area contributed by atoms with E-state index in [2.05, 4.69) is 35.5 Å². The third kappa shape index (κ3) is 3.91. The number of hydrogen-bond acceptors (Lipinski definition) is 4. The number of halogens is 1. The minimum atomic E-state index is -3.80. The maximum absolute atomic E-state index is 13.1. The molecule has 4 rings (SSSR count). The molecule has 30 heavy (non-hydrogen) atoms. The molecule has 2 aromatic carbocycles. The van der Waals surface area contributed by atoms with Crippen molar-refractivity contribution < 1.29 is 8.42 Å². The summed E-state index contributed by atoms with van der Waals surface area (Å²) in [5.74, 6) is 0. The van der Waals surface area contributed by atoms with Crippen molar-refractivity contribution in [1.29, 1.82) is 0 Å². The molecule has 0 radical (unpaired) electrons. The minimum absolute atomic E-state index is 0.0599. The third-order valence-electron chi connectivity index (χ3n) is 4.82. The number of aromatic nitrogens is 3. The predicted molar refractivity (Wildman–Crippen MR) is 120 cm³/mol. The summed E-state index contributed by atoms with van der Waals surface area (Å²) in [5.41, 5.74) is 3.26. The van der Waals surface area contributed by atoms with E-state index in [-0.39, 0.29) is 10.3 Å². The fraction of sp³-hybridized carbons (Fsp3) is 0.182. The molecule has 6 nitrogen and oxygen atoms in total. The van der Waals surface area contributed by atoms with Crippen molar-refractivity contribution >= 4 is 38.5 Å². The number of anilines is 1. The molecule has 0 aliphatic heterocycles. The first kappa shape index (κ1) is 20.4. The van der Waals surface area contributed by atoms with Crippen LogP contribution >= 0.6 is 11.6 Å². The summed E-state index contributed by atoms with van der Waals surface area (Å²) in [6.45, 7) is 6.25. The zero-order valence-electron chi connectivity index (χ0n) is 16.8. The van der Waals surface area contributed by atoms with Crippen LogP contribution in [0.2, 0.25) is 5.02 Å². The normalized spacial score (nSPS) is 12.3. The Labute approximate surface area is 180 Å². The zero-order chi connectivity index (χ0) is 21.5. The van der Waals surface area contributed by atoms with Crippen LogP contribution in [0.15, 0.2) is 72.0 Å². The Balaban J connectivity index is 1.75. The molecule has 0 saturated carbocycles. The Morgan fingerprint density at radius 1 is 1.00 bits per heavy atom. The highest BCUT2D eigenvalue weighted by atomic mass is 35.5. The van der Waals surface area contributed by atoms with Gasteiger partial charge in [-0.15, -0.1) is 0 Å². The molecule has 0 bridgehead atoms. The van der Waals surface area contributed by atoms with Crippen molar-refractivity contribution in [1.82, 2.24) is 14.5 Å². The van der Waals surface area contributed by atoms with Crippen molar-refractivity contribution in [2.75, 3.05) is 4.72 Å². The monoisotopic (exact) mass is 440 g/mol. The van der Waals surface area contributed by atoms with E-state index in [0.29, 0.717) is 22.0 Å². The number of nitrogens with one attached hydrogen (secondary N) is 1. The summed E-state index contributed by atoms with van der Waals surface area (Å²) < 4.78 is 30.5. The molecule has 1 N–H and O–H groups in total. The second-order valence-electron chi connectivity index (χ2n) is 8.00. The van der Waals surface area contributed by atoms with Gasteiger partial charge in [-0.25, -0.2) is 18.4 Å². The molecule has 2 heterocycles. The third-order valence-corrected chi connectivity index (χ3v) is 6.43. The van der Waals surface area contributed by atoms with E-state index in [4.69, 9.17) is 11.6 Å². The second kappa shape index (κ2) is 7.41. The molecule has 0 spiro atoms. The number of fused-ring (bicyclic) bond motifs is 1. The van der Waals surface area contributed by atoms with Gasteiger partial charge in [0.05, 0.1) is 21.8 Å². The molecule has 0 aliphatic carbocycles. The van der Waals surface area contributed by atoms with Gasteiger partial charge in [-0.1, -0.05) is 44.5 Å². The van der Waals surface area contributed by atoms with Gasteiger partial charge < -0.3 is 0 Å². The van der Waals surface area contributed by atoms with Gasteiger partial charge in [0.25, 0.3) is 10.0 Å². The fourth-order valence-corrected chi connectivity index (χ4v) is 4.41. The van der Waals surface area contributed by atoms with Crippen LogP contribution in [0.3, 0.4) is 0 Å². The van der Waals surface area contributed by atoms with E-state index in [9.17, 15) is 8.42 Å². The predicted octanol–water partition coefficient (Wildman–Crippen LogP) is 5.17. The second-order valence-corrected chi connectivity index (χ2v) is 10.1. The van der Waals surface area contributed by atoms with Crippen LogP contribution in [0.5, 0.6) is 0 Å². The molecule has 4 aromatic rings. The lowest BCUT2D eigenvalue weighted by Crippen LogP contribution is -2.16. The number of nitrogens with zero attached hydrogens (tertiary/aromatic N) is 3. The lowest BCUT2D eigenvalue weighted by molar-refractivity contribution is 0.587. The van der Waals surface area contributed by atoms with E-state index in [0.717, 1.165) is 11.1 Å². The van der Waals surface area contributed by atoms with Crippen molar-refractivity contribution in [3.8, 4) is 5.69 Å². The summed E-state index contributed by atoms with van der Waals surface area (Å²) in [4.78, 5) is 8.70. The maximum Gasteiger partial charge on any atom is 0.261 e. The Bertz CT molecular complexity index is 1320. The molecule has 154 valence electrons. The molecule has 0 atom stereocenters. The number of imidazole rings is 1. The van der Waals surface area contributed by atoms with Gasteiger partial charge in [-0.2, -0.15) is 0 Å². The summed E-state index contributed by atoms with van der Waals surface area (Å²) >= 11 is 6.21. The highest BCUT2D eigenvalue weighted by molar-refractivity contribution is 7.92. The van der Waals surface area contributed by atoms with E-state index < -0.39 is 10.0 Å². The molecular formula is C22H21ClN4O2S. The average Bonchev–Trinajstić information content (AvgIpc) is 3.13. The number of hydrogen-bond donors (Lipinski definition) is 1. The first-order valence-corrected chi connectivity index (χ1v) is 11.2. The van der Waals surface area contributed by atoms with Gasteiger partial charge in [0.2, 0.25) is 0 Å². The van der Waals surface area contributed by atoms with Crippen LogP contribution in [0.4, 0.5) is 5.69 Å². The Morgan fingerprint density at radius 2 is 1.73 bits per heavy atom. The van der Waals surface area contributed by atoms with Gasteiger partial charge >= 0.3 is 0 Å². The summed E-state index contributed by atoms with van der Waals surface area (Å²) in [6, 6.07) is 15.6. The number of pyridine rings is 1. The van der Waals surface area contributed by atoms with Crippen molar-refractivity contribution in [2.45, 2.75) is 31.1 Å². The average molecular weight is 441 g/mol. The molecular weight excluding hydrogens is 420 g/mol. The summed E-state index contributed by atoms with van der Waals surface area (Å²) in [7, 11) is -3.80. The van der Waals surface area contributed by atoms with Crippen molar-refractivity contribution in [2.24, 2.45) is 0 Å². The Morgan fingerprint density at radius 3 is 2.43 bits per heavy atom. The minimum Gasteiger partial charge on any atom is -0.295 e. The van der Waals surface area contributed by atoms with Crippen LogP contribution in [-0.4, -0.2) is 23.0 Å². The SMILES string of the molecule is CC(C)(C)c1ccc(S(=O)(=O)Nc2ccc(Cl)cc2-n2cnc3ncccc32)cc1. The quantitative estimate of drug-likeness (QED) is 0.474. The number of benzene rings is 2.